The van der Waals surface area contributed by atoms with Crippen molar-refractivity contribution in [2.24, 2.45) is 11.8 Å². The van der Waals surface area contributed by atoms with Gasteiger partial charge in [-0.05, 0) is 54.3 Å². The van der Waals surface area contributed by atoms with Gasteiger partial charge >= 0.3 is 0 Å². The second-order valence-electron chi connectivity index (χ2n) is 9.83. The molecule has 0 N–H and O–H groups in total. The molecule has 2 heterocycles. The quantitative estimate of drug-likeness (QED) is 0.444. The van der Waals surface area contributed by atoms with Crippen LogP contribution in [0.25, 0.3) is 0 Å². The molecule has 7 heteroatoms. The van der Waals surface area contributed by atoms with Crippen molar-refractivity contribution in [2.75, 3.05) is 33.4 Å². The van der Waals surface area contributed by atoms with Crippen LogP contribution in [0.1, 0.15) is 62.4 Å². The van der Waals surface area contributed by atoms with E-state index in [9.17, 15) is 9.59 Å². The summed E-state index contributed by atoms with van der Waals surface area (Å²) >= 11 is 1.74. The van der Waals surface area contributed by atoms with E-state index in [1.165, 1.54) is 4.88 Å². The summed E-state index contributed by atoms with van der Waals surface area (Å²) in [5.74, 6) is 1.94. The fourth-order valence-electron chi connectivity index (χ4n) is 5.20. The highest BCUT2D eigenvalue weighted by atomic mass is 32.1. The predicted molar refractivity (Wildman–Crippen MR) is 139 cm³/mol. The summed E-state index contributed by atoms with van der Waals surface area (Å²) in [6, 6.07) is 9.50. The second-order valence-corrected chi connectivity index (χ2v) is 10.8. The van der Waals surface area contributed by atoms with Crippen molar-refractivity contribution in [3.8, 4) is 11.5 Å². The van der Waals surface area contributed by atoms with Gasteiger partial charge in [-0.15, -0.1) is 11.3 Å². The lowest BCUT2D eigenvalue weighted by atomic mass is 10.00. The monoisotopic (exact) mass is 498 g/mol. The minimum absolute atomic E-state index is 0.00475. The van der Waals surface area contributed by atoms with Crippen molar-refractivity contribution in [2.45, 2.75) is 58.4 Å². The van der Waals surface area contributed by atoms with Crippen molar-refractivity contribution in [1.29, 1.82) is 0 Å². The van der Waals surface area contributed by atoms with Gasteiger partial charge in [0.2, 0.25) is 11.8 Å². The minimum atomic E-state index is -0.186. The number of hydrogen-bond donors (Lipinski definition) is 0. The van der Waals surface area contributed by atoms with Crippen LogP contribution in [0.15, 0.2) is 35.7 Å². The number of methoxy groups -OCH3 is 1. The first-order valence-electron chi connectivity index (χ1n) is 12.9. The molecule has 0 unspecified atom stereocenters. The van der Waals surface area contributed by atoms with E-state index in [0.29, 0.717) is 37.1 Å². The Balaban J connectivity index is 1.51. The van der Waals surface area contributed by atoms with E-state index in [-0.39, 0.29) is 30.3 Å². The van der Waals surface area contributed by atoms with Crippen molar-refractivity contribution >= 4 is 23.2 Å². The van der Waals surface area contributed by atoms with Crippen LogP contribution in [-0.2, 0) is 16.0 Å². The van der Waals surface area contributed by atoms with Gasteiger partial charge in [-0.25, -0.2) is 0 Å². The lowest BCUT2D eigenvalue weighted by molar-refractivity contribution is -0.145. The zero-order valence-corrected chi connectivity index (χ0v) is 22.0. The van der Waals surface area contributed by atoms with Crippen LogP contribution in [0, 0.1) is 11.8 Å². The lowest BCUT2D eigenvalue weighted by Gasteiger charge is -2.37. The summed E-state index contributed by atoms with van der Waals surface area (Å²) in [6.45, 7) is 6.06. The third kappa shape index (κ3) is 6.00. The first-order chi connectivity index (χ1) is 17.0. The number of hydrogen-bond acceptors (Lipinski definition) is 5. The summed E-state index contributed by atoms with van der Waals surface area (Å²) in [5, 5.41) is 2.09. The minimum Gasteiger partial charge on any atom is -0.493 e. The molecule has 2 aromatic rings. The molecule has 0 radical (unpaired) electrons. The Labute approximate surface area is 213 Å². The third-order valence-electron chi connectivity index (χ3n) is 7.45. The molecule has 4 rings (SSSR count). The zero-order valence-electron chi connectivity index (χ0n) is 21.2. The number of para-hydroxylation sites is 2. The zero-order chi connectivity index (χ0) is 24.8. The molecule has 1 fully saturated rings. The molecule has 1 aliphatic carbocycles. The first kappa shape index (κ1) is 25.5. The van der Waals surface area contributed by atoms with Crippen molar-refractivity contribution in [1.82, 2.24) is 9.80 Å². The van der Waals surface area contributed by atoms with Crippen LogP contribution >= 0.6 is 11.3 Å². The molecule has 1 aromatic carbocycles. The molecule has 1 aromatic heterocycles. The number of nitrogens with zero attached hydrogens (tertiary/aromatic N) is 2. The lowest BCUT2D eigenvalue weighted by Crippen LogP contribution is -2.49. The molecule has 35 heavy (non-hydrogen) atoms. The molecule has 6 nitrogen and oxygen atoms in total. The predicted octanol–water partition coefficient (Wildman–Crippen LogP) is 5.33. The van der Waals surface area contributed by atoms with Crippen molar-refractivity contribution in [3.05, 3.63) is 46.2 Å². The Bertz CT molecular complexity index is 1000. The van der Waals surface area contributed by atoms with E-state index in [4.69, 9.17) is 9.47 Å². The molecule has 1 aliphatic heterocycles. The Kier molecular flexibility index (Phi) is 8.71. The van der Waals surface area contributed by atoms with Crippen LogP contribution in [0.3, 0.4) is 0 Å². The van der Waals surface area contributed by atoms with Gasteiger partial charge in [-0.2, -0.15) is 0 Å². The fraction of sp³-hybridized carbons (Fsp3) is 0.571. The van der Waals surface area contributed by atoms with Gasteiger partial charge < -0.3 is 19.3 Å². The summed E-state index contributed by atoms with van der Waals surface area (Å²) < 4.78 is 11.6. The Morgan fingerprint density at radius 2 is 1.91 bits per heavy atom. The van der Waals surface area contributed by atoms with E-state index in [2.05, 4.69) is 25.3 Å². The van der Waals surface area contributed by atoms with Gasteiger partial charge in [0.1, 0.15) is 6.61 Å². The fourth-order valence-corrected chi connectivity index (χ4v) is 6.13. The normalized spacial score (nSPS) is 18.7. The standard InChI is InChI=1S/C28H38N2O4S/c1-4-20(2)17-29(28(32)21-9-5-6-10-21)18-27(31)30-15-13-26-22(14-16-35-26)23(30)19-34-25-12-8-7-11-24(25)33-3/h7-8,11-12,14,16,20-21,23H,4-6,9-10,13,15,17-19H2,1-3H3/t20-,23+/m1/s1. The number of thiophene rings is 1. The number of ether oxygens (including phenoxy) is 2. The number of carbonyl (C=O) groups is 2. The van der Waals surface area contributed by atoms with Crippen molar-refractivity contribution in [3.63, 3.8) is 0 Å². The second kappa shape index (κ2) is 11.9. The first-order valence-corrected chi connectivity index (χ1v) is 13.8. The Morgan fingerprint density at radius 1 is 1.17 bits per heavy atom. The van der Waals surface area contributed by atoms with E-state index >= 15 is 0 Å². The van der Waals surface area contributed by atoms with Crippen LogP contribution in [0.2, 0.25) is 0 Å². The van der Waals surface area contributed by atoms with Crippen molar-refractivity contribution < 1.29 is 19.1 Å². The van der Waals surface area contributed by atoms with E-state index in [0.717, 1.165) is 44.1 Å². The summed E-state index contributed by atoms with van der Waals surface area (Å²) in [7, 11) is 1.63. The number of benzene rings is 1. The van der Waals surface area contributed by atoms with Gasteiger partial charge in [0, 0.05) is 23.9 Å². The smallest absolute Gasteiger partial charge is 0.242 e. The van der Waals surface area contributed by atoms with E-state index < -0.39 is 0 Å². The number of rotatable bonds is 10. The molecule has 0 spiro atoms. The maximum atomic E-state index is 13.7. The molecule has 190 valence electrons. The van der Waals surface area contributed by atoms with Crippen LogP contribution in [0.5, 0.6) is 11.5 Å². The summed E-state index contributed by atoms with van der Waals surface area (Å²) in [4.78, 5) is 32.2. The molecular weight excluding hydrogens is 460 g/mol. The van der Waals surface area contributed by atoms with Gasteiger partial charge in [-0.1, -0.05) is 45.2 Å². The Morgan fingerprint density at radius 3 is 2.63 bits per heavy atom. The molecule has 0 bridgehead atoms. The highest BCUT2D eigenvalue weighted by molar-refractivity contribution is 7.10. The molecule has 2 atom stereocenters. The molecule has 2 aliphatic rings. The Hall–Kier alpha value is -2.54. The molecule has 2 amide bonds. The summed E-state index contributed by atoms with van der Waals surface area (Å²) in [5.41, 5.74) is 1.15. The van der Waals surface area contributed by atoms with Crippen LogP contribution in [-0.4, -0.2) is 55.0 Å². The molecule has 0 saturated heterocycles. The van der Waals surface area contributed by atoms with Gasteiger partial charge in [0.15, 0.2) is 11.5 Å². The van der Waals surface area contributed by atoms with Gasteiger partial charge in [0.05, 0.1) is 19.7 Å². The maximum Gasteiger partial charge on any atom is 0.242 e. The van der Waals surface area contributed by atoms with E-state index in [1.54, 1.807) is 18.4 Å². The highest BCUT2D eigenvalue weighted by Crippen LogP contribution is 2.35. The van der Waals surface area contributed by atoms with Crippen LogP contribution < -0.4 is 9.47 Å². The average Bonchev–Trinajstić information content (AvgIpc) is 3.59. The topological polar surface area (TPSA) is 59.1 Å². The number of amides is 2. The van der Waals surface area contributed by atoms with Gasteiger partial charge in [-0.3, -0.25) is 9.59 Å². The molecular formula is C28H38N2O4S. The largest absolute Gasteiger partial charge is 0.493 e. The third-order valence-corrected chi connectivity index (χ3v) is 8.45. The molecule has 1 saturated carbocycles. The van der Waals surface area contributed by atoms with Gasteiger partial charge in [0.25, 0.3) is 0 Å². The number of fused-ring (bicyclic) bond motifs is 1. The highest BCUT2D eigenvalue weighted by Gasteiger charge is 2.35. The average molecular weight is 499 g/mol. The summed E-state index contributed by atoms with van der Waals surface area (Å²) in [6.07, 6.45) is 5.93. The van der Waals surface area contributed by atoms with E-state index in [1.807, 2.05) is 34.1 Å². The number of carbonyl (C=O) groups excluding carboxylic acids is 2. The SMILES string of the molecule is CC[C@@H](C)CN(CC(=O)N1CCc2sccc2[C@@H]1COc1ccccc1OC)C(=O)C1CCCC1. The maximum absolute atomic E-state index is 13.7. The van der Waals surface area contributed by atoms with Crippen LogP contribution in [0.4, 0.5) is 0 Å².